The van der Waals surface area contributed by atoms with Gasteiger partial charge >= 0.3 is 0 Å². The minimum atomic E-state index is -2.55. The lowest BCUT2D eigenvalue weighted by atomic mass is 10.2. The van der Waals surface area contributed by atoms with Crippen LogP contribution in [0.5, 0.6) is 11.5 Å². The number of nitrogens with zero attached hydrogens (tertiary/aromatic N) is 2. The van der Waals surface area contributed by atoms with Gasteiger partial charge in [0.1, 0.15) is 6.61 Å². The topological polar surface area (TPSA) is 95.2 Å². The van der Waals surface area contributed by atoms with E-state index in [4.69, 9.17) is 20.9 Å². The fourth-order valence-corrected chi connectivity index (χ4v) is 1.20. The van der Waals surface area contributed by atoms with Crippen LogP contribution in [-0.2, 0) is 0 Å². The number of hydrogen-bond acceptors (Lipinski definition) is 4. The first-order chi connectivity index (χ1) is 9.02. The van der Waals surface area contributed by atoms with Crippen LogP contribution in [0.2, 0.25) is 0 Å². The molecular weight excluding hydrogens is 258 g/mol. The number of rotatable bonds is 6. The molecule has 104 valence electrons. The first-order valence-electron chi connectivity index (χ1n) is 5.24. The fourth-order valence-electron chi connectivity index (χ4n) is 1.20. The van der Waals surface area contributed by atoms with Crippen molar-refractivity contribution in [3.63, 3.8) is 0 Å². The highest BCUT2D eigenvalue weighted by Crippen LogP contribution is 2.27. The maximum Gasteiger partial charge on any atom is 0.272 e. The number of alkyl halides is 2. The van der Waals surface area contributed by atoms with Gasteiger partial charge in [-0.2, -0.15) is 5.10 Å². The summed E-state index contributed by atoms with van der Waals surface area (Å²) in [4.78, 5) is 0. The summed E-state index contributed by atoms with van der Waals surface area (Å²) in [6.45, 7) is -0.697. The number of guanidine groups is 1. The van der Waals surface area contributed by atoms with Gasteiger partial charge in [0.2, 0.25) is 5.96 Å². The second-order valence-electron chi connectivity index (χ2n) is 3.38. The molecule has 0 fully saturated rings. The Morgan fingerprint density at radius 1 is 1.37 bits per heavy atom. The van der Waals surface area contributed by atoms with Crippen molar-refractivity contribution in [3.05, 3.63) is 23.8 Å². The lowest BCUT2D eigenvalue weighted by Gasteiger charge is -2.10. The zero-order chi connectivity index (χ0) is 14.3. The predicted octanol–water partition coefficient (Wildman–Crippen LogP) is 0.946. The van der Waals surface area contributed by atoms with E-state index in [0.717, 1.165) is 0 Å². The molecule has 0 aliphatic heterocycles. The van der Waals surface area contributed by atoms with Gasteiger partial charge in [-0.1, -0.05) is 0 Å². The van der Waals surface area contributed by atoms with Crippen LogP contribution in [0.25, 0.3) is 0 Å². The standard InChI is InChI=1S/C11H14F2N4O2/c1-18-9-4-7(5-16-17-11(14)15)2-3-8(9)19-6-10(12)13/h2-5,10H,6H2,1H3,(H4,14,15,17). The van der Waals surface area contributed by atoms with Crippen molar-refractivity contribution in [2.45, 2.75) is 6.43 Å². The van der Waals surface area contributed by atoms with Gasteiger partial charge < -0.3 is 20.9 Å². The van der Waals surface area contributed by atoms with E-state index in [-0.39, 0.29) is 11.7 Å². The molecule has 0 unspecified atom stereocenters. The molecule has 0 bridgehead atoms. The van der Waals surface area contributed by atoms with E-state index < -0.39 is 13.0 Å². The summed E-state index contributed by atoms with van der Waals surface area (Å²) in [5, 5.41) is 7.04. The third-order valence-electron chi connectivity index (χ3n) is 1.93. The van der Waals surface area contributed by atoms with Gasteiger partial charge in [0, 0.05) is 0 Å². The fraction of sp³-hybridized carbons (Fsp3) is 0.273. The summed E-state index contributed by atoms with van der Waals surface area (Å²) >= 11 is 0. The number of ether oxygens (including phenoxy) is 2. The first-order valence-corrected chi connectivity index (χ1v) is 5.24. The molecule has 0 spiro atoms. The Kier molecular flexibility index (Phi) is 5.52. The molecule has 0 aliphatic rings. The molecule has 4 N–H and O–H groups in total. The van der Waals surface area contributed by atoms with Crippen LogP contribution >= 0.6 is 0 Å². The molecular formula is C11H14F2N4O2. The number of benzene rings is 1. The highest BCUT2D eigenvalue weighted by atomic mass is 19.3. The van der Waals surface area contributed by atoms with Crippen LogP contribution in [0.1, 0.15) is 5.56 Å². The van der Waals surface area contributed by atoms with E-state index in [1.54, 1.807) is 12.1 Å². The SMILES string of the molecule is COc1cc(C=NN=C(N)N)ccc1OCC(F)F. The zero-order valence-corrected chi connectivity index (χ0v) is 10.2. The van der Waals surface area contributed by atoms with Crippen LogP contribution < -0.4 is 20.9 Å². The van der Waals surface area contributed by atoms with Gasteiger partial charge in [0.05, 0.1) is 13.3 Å². The maximum atomic E-state index is 12.1. The van der Waals surface area contributed by atoms with Crippen LogP contribution in [0.15, 0.2) is 28.4 Å². The quantitative estimate of drug-likeness (QED) is 0.458. The molecule has 1 aromatic carbocycles. The molecule has 0 heterocycles. The first kappa shape index (κ1) is 14.7. The number of halogens is 2. The van der Waals surface area contributed by atoms with E-state index >= 15 is 0 Å². The van der Waals surface area contributed by atoms with Crippen molar-refractivity contribution >= 4 is 12.2 Å². The third kappa shape index (κ3) is 5.19. The lowest BCUT2D eigenvalue weighted by Crippen LogP contribution is -2.21. The molecule has 19 heavy (non-hydrogen) atoms. The molecule has 1 aromatic rings. The molecule has 6 nitrogen and oxygen atoms in total. The average molecular weight is 272 g/mol. The van der Waals surface area contributed by atoms with Gasteiger partial charge in [0.25, 0.3) is 6.43 Å². The van der Waals surface area contributed by atoms with Gasteiger partial charge in [-0.25, -0.2) is 8.78 Å². The number of hydrogen-bond donors (Lipinski definition) is 2. The van der Waals surface area contributed by atoms with Gasteiger partial charge in [-0.15, -0.1) is 5.10 Å². The van der Waals surface area contributed by atoms with Crippen LogP contribution in [0.4, 0.5) is 8.78 Å². The Morgan fingerprint density at radius 3 is 2.68 bits per heavy atom. The monoisotopic (exact) mass is 272 g/mol. The van der Waals surface area contributed by atoms with Gasteiger partial charge in [-0.05, 0) is 23.8 Å². The van der Waals surface area contributed by atoms with Crippen molar-refractivity contribution in [2.24, 2.45) is 21.7 Å². The minimum Gasteiger partial charge on any atom is -0.493 e. The summed E-state index contributed by atoms with van der Waals surface area (Å²) in [7, 11) is 1.40. The van der Waals surface area contributed by atoms with Crippen molar-refractivity contribution in [3.8, 4) is 11.5 Å². The highest BCUT2D eigenvalue weighted by Gasteiger charge is 2.08. The van der Waals surface area contributed by atoms with E-state index in [1.807, 2.05) is 0 Å². The van der Waals surface area contributed by atoms with Crippen LogP contribution in [-0.4, -0.2) is 32.3 Å². The normalized spacial score (nSPS) is 10.7. The number of nitrogens with two attached hydrogens (primary N) is 2. The van der Waals surface area contributed by atoms with Crippen molar-refractivity contribution < 1.29 is 18.3 Å². The van der Waals surface area contributed by atoms with E-state index in [0.29, 0.717) is 11.3 Å². The van der Waals surface area contributed by atoms with Crippen molar-refractivity contribution in [1.29, 1.82) is 0 Å². The molecule has 0 atom stereocenters. The summed E-state index contributed by atoms with van der Waals surface area (Å²) < 4.78 is 34.0. The Labute approximate surface area is 108 Å². The molecule has 0 saturated carbocycles. The summed E-state index contributed by atoms with van der Waals surface area (Å²) in [5.74, 6) is 0.371. The van der Waals surface area contributed by atoms with Crippen molar-refractivity contribution in [2.75, 3.05) is 13.7 Å². The molecule has 0 aromatic heterocycles. The largest absolute Gasteiger partial charge is 0.493 e. The second kappa shape index (κ2) is 7.14. The average Bonchev–Trinajstić information content (AvgIpc) is 2.36. The summed E-state index contributed by atoms with van der Waals surface area (Å²) in [5.41, 5.74) is 10.8. The lowest BCUT2D eigenvalue weighted by molar-refractivity contribution is 0.0804. The van der Waals surface area contributed by atoms with Crippen LogP contribution in [0.3, 0.4) is 0 Å². The molecule has 8 heteroatoms. The van der Waals surface area contributed by atoms with Crippen molar-refractivity contribution in [1.82, 2.24) is 0 Å². The molecule has 1 rings (SSSR count). The third-order valence-corrected chi connectivity index (χ3v) is 1.93. The Morgan fingerprint density at radius 2 is 2.11 bits per heavy atom. The minimum absolute atomic E-state index is 0.167. The van der Waals surface area contributed by atoms with Gasteiger partial charge in [0.15, 0.2) is 11.5 Å². The van der Waals surface area contributed by atoms with Gasteiger partial charge in [-0.3, -0.25) is 0 Å². The molecule has 0 saturated heterocycles. The van der Waals surface area contributed by atoms with E-state index in [9.17, 15) is 8.78 Å². The second-order valence-corrected chi connectivity index (χ2v) is 3.38. The Balaban J connectivity index is 2.83. The Hall–Kier alpha value is -2.38. The van der Waals surface area contributed by atoms with E-state index in [2.05, 4.69) is 10.2 Å². The smallest absolute Gasteiger partial charge is 0.272 e. The maximum absolute atomic E-state index is 12.1. The summed E-state index contributed by atoms with van der Waals surface area (Å²) in [6.07, 6.45) is -1.16. The molecule has 0 radical (unpaired) electrons. The Bertz CT molecular complexity index is 474. The molecule has 0 aliphatic carbocycles. The van der Waals surface area contributed by atoms with E-state index in [1.165, 1.54) is 19.4 Å². The number of methoxy groups -OCH3 is 1. The zero-order valence-electron chi connectivity index (χ0n) is 10.2. The van der Waals surface area contributed by atoms with Crippen LogP contribution in [0, 0.1) is 0 Å². The predicted molar refractivity (Wildman–Crippen MR) is 67.9 cm³/mol. The molecule has 0 amide bonds. The highest BCUT2D eigenvalue weighted by molar-refractivity contribution is 5.82. The summed E-state index contributed by atoms with van der Waals surface area (Å²) in [6, 6.07) is 4.67.